The number of aryl methyl sites for hydroxylation is 2. The lowest BCUT2D eigenvalue weighted by Gasteiger charge is -2.40. The molecule has 0 saturated carbocycles. The van der Waals surface area contributed by atoms with Gasteiger partial charge in [0.1, 0.15) is 71.8 Å². The Hall–Kier alpha value is -6.18. The maximum absolute atomic E-state index is 13.2. The zero-order valence-corrected chi connectivity index (χ0v) is 34.9. The first-order valence-electron chi connectivity index (χ1n) is 19.5. The molecule has 2 aliphatic rings. The number of rotatable bonds is 15. The summed E-state index contributed by atoms with van der Waals surface area (Å²) < 4.78 is 31.5. The van der Waals surface area contributed by atoms with Gasteiger partial charge in [0, 0.05) is 25.1 Å². The van der Waals surface area contributed by atoms with Crippen LogP contribution in [0.5, 0.6) is 17.2 Å². The van der Waals surface area contributed by atoms with E-state index in [2.05, 4.69) is 15.0 Å². The topological polar surface area (TPSA) is 237 Å². The molecule has 2 amide bonds. The second kappa shape index (κ2) is 21.1. The number of aliphatic hydroxyl groups excluding tert-OH is 3. The summed E-state index contributed by atoms with van der Waals surface area (Å²) in [4.78, 5) is 53.6. The number of aromatic hydroxyl groups is 1. The first-order valence-corrected chi connectivity index (χ1v) is 20.4. The van der Waals surface area contributed by atoms with Crippen LogP contribution in [0.3, 0.4) is 0 Å². The third-order valence-corrected chi connectivity index (χ3v) is 10.9. The highest BCUT2D eigenvalue weighted by atomic mass is 32.2. The zero-order valence-electron chi connectivity index (χ0n) is 34.0. The Bertz CT molecular complexity index is 2330. The van der Waals surface area contributed by atoms with Gasteiger partial charge in [0.05, 0.1) is 25.2 Å². The second-order valence-corrected chi connectivity index (χ2v) is 15.6. The first-order chi connectivity index (χ1) is 29.8. The summed E-state index contributed by atoms with van der Waals surface area (Å²) in [6.45, 7) is 2.44. The van der Waals surface area contributed by atoms with Crippen LogP contribution < -0.4 is 19.7 Å². The van der Waals surface area contributed by atoms with Gasteiger partial charge in [-0.05, 0) is 91.1 Å². The van der Waals surface area contributed by atoms with Crippen LogP contribution in [-0.2, 0) is 31.8 Å². The minimum absolute atomic E-state index is 0.0430. The van der Waals surface area contributed by atoms with Gasteiger partial charge in [-0.3, -0.25) is 19.7 Å². The van der Waals surface area contributed by atoms with Gasteiger partial charge < -0.3 is 53.4 Å². The molecule has 2 fully saturated rings. The summed E-state index contributed by atoms with van der Waals surface area (Å²) >= 11 is 1.05. The fraction of sp³-hybridized carbons (Fsp3) is 0.341. The molecular formula is C44H47N3O14S. The van der Waals surface area contributed by atoms with E-state index in [9.17, 15) is 39.6 Å². The molecule has 2 aliphatic heterocycles. The average molecular weight is 874 g/mol. The number of Topliss-reactive ketones (excluding diaryl/α,β-unsaturated/α-hetero) is 1. The van der Waals surface area contributed by atoms with Crippen LogP contribution in [-0.4, -0.2) is 118 Å². The van der Waals surface area contributed by atoms with Gasteiger partial charge in [-0.25, -0.2) is 9.78 Å². The first kappa shape index (κ1) is 45.3. The van der Waals surface area contributed by atoms with E-state index >= 15 is 0 Å². The standard InChI is InChI=1S/C26H28O11.C18H19N3O3S/c1-13-9-17(28)21(16(27)5-3-14-4-6-18-15(11-14)7-8-34-18)19(10-13)36-25-24(31)23(30)22(29)20(37-25)12-35-26(32)33-2;1-21(16-4-2-3-9-19-16)10-11-24-14-7-5-13(6-8-14)12-15-17(22)20-18(23)25-15/h4,6-11,20,22-25,28-31H,3,5,12H2,1-2H3;2-9,15H,10-12H2,1H3,(H,20,22,23)/t20-,22-,23+,24-,25-;/m1./s1. The molecule has 4 heterocycles. The molecule has 328 valence electrons. The molecule has 3 aromatic carbocycles. The Morgan fingerprint density at radius 2 is 1.73 bits per heavy atom. The van der Waals surface area contributed by atoms with Crippen LogP contribution in [0.2, 0.25) is 0 Å². The van der Waals surface area contributed by atoms with Crippen molar-refractivity contribution in [1.82, 2.24) is 10.3 Å². The predicted molar refractivity (Wildman–Crippen MR) is 225 cm³/mol. The number of phenols is 1. The number of anilines is 1. The van der Waals surface area contributed by atoms with E-state index in [0.717, 1.165) is 59.1 Å². The molecule has 5 N–H and O–H groups in total. The Labute approximate surface area is 360 Å². The lowest BCUT2D eigenvalue weighted by Crippen LogP contribution is -2.60. The SMILES string of the molecule is CN(CCOc1ccc(CC2SC(=O)NC2=O)cc1)c1ccccn1.COC(=O)OC[C@H]1O[C@@H](Oc2cc(C)cc(O)c2C(=O)CCc2ccc3occc3c2)[C@H](O)[C@@H](O)[C@@H]1O. The van der Waals surface area contributed by atoms with E-state index in [0.29, 0.717) is 25.0 Å². The molecule has 7 rings (SSSR count). The number of hydrogen-bond acceptors (Lipinski definition) is 17. The molecule has 0 spiro atoms. The number of phenolic OH excluding ortho intramolecular Hbond substituents is 1. The van der Waals surface area contributed by atoms with Gasteiger partial charge >= 0.3 is 6.16 Å². The third-order valence-electron chi connectivity index (χ3n) is 9.95. The third kappa shape index (κ3) is 11.8. The number of aromatic nitrogens is 1. The van der Waals surface area contributed by atoms with Crippen LogP contribution in [0.15, 0.2) is 95.7 Å². The summed E-state index contributed by atoms with van der Waals surface area (Å²) in [7, 11) is 3.07. The fourth-order valence-electron chi connectivity index (χ4n) is 6.61. The van der Waals surface area contributed by atoms with E-state index < -0.39 is 49.3 Å². The Kier molecular flexibility index (Phi) is 15.4. The number of amides is 2. The lowest BCUT2D eigenvalue weighted by atomic mass is 9.98. The number of nitrogens with zero attached hydrogens (tertiary/aromatic N) is 2. The lowest BCUT2D eigenvalue weighted by molar-refractivity contribution is -0.277. The number of ketones is 1. The van der Waals surface area contributed by atoms with Crippen molar-refractivity contribution in [2.75, 3.05) is 38.8 Å². The number of fused-ring (bicyclic) bond motifs is 1. The number of carbonyl (C=O) groups excluding carboxylic acids is 4. The number of nitrogens with one attached hydrogen (secondary N) is 1. The zero-order chi connectivity index (χ0) is 44.3. The minimum Gasteiger partial charge on any atom is -0.507 e. The van der Waals surface area contributed by atoms with Crippen molar-refractivity contribution >= 4 is 51.6 Å². The molecule has 17 nitrogen and oxygen atoms in total. The molecule has 2 aromatic heterocycles. The average Bonchev–Trinajstić information content (AvgIpc) is 3.87. The Balaban J connectivity index is 0.000000223. The van der Waals surface area contributed by atoms with Crippen molar-refractivity contribution in [1.29, 1.82) is 0 Å². The van der Waals surface area contributed by atoms with Crippen molar-refractivity contribution in [3.8, 4) is 17.2 Å². The van der Waals surface area contributed by atoms with Gasteiger partial charge in [0.2, 0.25) is 12.2 Å². The maximum atomic E-state index is 13.2. The van der Waals surface area contributed by atoms with Crippen LogP contribution in [0.25, 0.3) is 11.0 Å². The van der Waals surface area contributed by atoms with Gasteiger partial charge in [0.25, 0.3) is 5.24 Å². The number of likely N-dealkylation sites (N-methyl/N-ethyl adjacent to an activating group) is 1. The number of imide groups is 1. The monoisotopic (exact) mass is 873 g/mol. The number of thioether (sulfide) groups is 1. The molecule has 2 saturated heterocycles. The fourth-order valence-corrected chi connectivity index (χ4v) is 7.47. The van der Waals surface area contributed by atoms with Crippen molar-refractivity contribution in [3.05, 3.63) is 114 Å². The Morgan fingerprint density at radius 1 is 0.952 bits per heavy atom. The van der Waals surface area contributed by atoms with Crippen molar-refractivity contribution in [2.24, 2.45) is 0 Å². The number of ether oxygens (including phenoxy) is 5. The minimum atomic E-state index is -1.71. The second-order valence-electron chi connectivity index (χ2n) is 14.5. The summed E-state index contributed by atoms with van der Waals surface area (Å²) in [6.07, 6.45) is -4.56. The molecule has 6 atom stereocenters. The van der Waals surface area contributed by atoms with Crippen LogP contribution >= 0.6 is 11.8 Å². The molecule has 0 aliphatic carbocycles. The highest BCUT2D eigenvalue weighted by Gasteiger charge is 2.46. The van der Waals surface area contributed by atoms with Gasteiger partial charge in [-0.1, -0.05) is 36.0 Å². The number of methoxy groups -OCH3 is 1. The van der Waals surface area contributed by atoms with Gasteiger partial charge in [0.15, 0.2) is 5.78 Å². The molecular weight excluding hydrogens is 827 g/mol. The van der Waals surface area contributed by atoms with E-state index in [1.54, 1.807) is 19.4 Å². The van der Waals surface area contributed by atoms with Crippen LogP contribution in [0, 0.1) is 6.92 Å². The molecule has 0 radical (unpaired) electrons. The largest absolute Gasteiger partial charge is 0.508 e. The number of aliphatic hydroxyl groups is 3. The normalized spacial score (nSPS) is 20.7. The molecule has 18 heteroatoms. The number of benzene rings is 3. The van der Waals surface area contributed by atoms with E-state index in [-0.39, 0.29) is 39.9 Å². The maximum Gasteiger partial charge on any atom is 0.508 e. The summed E-state index contributed by atoms with van der Waals surface area (Å²) in [5.74, 6) is 0.653. The van der Waals surface area contributed by atoms with Gasteiger partial charge in [-0.2, -0.15) is 0 Å². The van der Waals surface area contributed by atoms with Crippen molar-refractivity contribution < 1.29 is 67.7 Å². The molecule has 1 unspecified atom stereocenters. The van der Waals surface area contributed by atoms with Crippen LogP contribution in [0.1, 0.15) is 33.5 Å². The van der Waals surface area contributed by atoms with Crippen molar-refractivity contribution in [2.45, 2.75) is 62.1 Å². The predicted octanol–water partition coefficient (Wildman–Crippen LogP) is 4.72. The number of carbonyl (C=O) groups is 4. The summed E-state index contributed by atoms with van der Waals surface area (Å²) in [5.41, 5.74) is 3.07. The van der Waals surface area contributed by atoms with E-state index in [4.69, 9.17) is 23.4 Å². The number of hydrogen-bond donors (Lipinski definition) is 5. The number of furan rings is 1. The summed E-state index contributed by atoms with van der Waals surface area (Å²) in [6, 6.07) is 23.7. The smallest absolute Gasteiger partial charge is 0.507 e. The van der Waals surface area contributed by atoms with E-state index in [1.807, 2.05) is 78.7 Å². The van der Waals surface area contributed by atoms with Crippen molar-refractivity contribution in [3.63, 3.8) is 0 Å². The molecule has 5 aromatic rings. The number of pyridine rings is 1. The van der Waals surface area contributed by atoms with Crippen LogP contribution in [0.4, 0.5) is 15.4 Å². The highest BCUT2D eigenvalue weighted by Crippen LogP contribution is 2.34. The van der Waals surface area contributed by atoms with E-state index in [1.165, 1.54) is 12.1 Å². The molecule has 0 bridgehead atoms. The quantitative estimate of drug-likeness (QED) is 0.0707. The molecule has 62 heavy (non-hydrogen) atoms. The van der Waals surface area contributed by atoms with Gasteiger partial charge in [-0.15, -0.1) is 0 Å². The highest BCUT2D eigenvalue weighted by molar-refractivity contribution is 8.15. The summed E-state index contributed by atoms with van der Waals surface area (Å²) in [5, 5.41) is 44.1. The Morgan fingerprint density at radius 3 is 2.44 bits per heavy atom.